The van der Waals surface area contributed by atoms with Gasteiger partial charge in [-0.2, -0.15) is 11.8 Å². The third-order valence-corrected chi connectivity index (χ3v) is 3.22. The van der Waals surface area contributed by atoms with E-state index in [1.54, 1.807) is 24.8 Å². The van der Waals surface area contributed by atoms with Crippen molar-refractivity contribution in [1.29, 1.82) is 0 Å². The molecule has 4 heteroatoms. The Labute approximate surface area is 111 Å². The molecule has 0 radical (unpaired) electrons. The predicted octanol–water partition coefficient (Wildman–Crippen LogP) is 4.20. The fourth-order valence-electron chi connectivity index (χ4n) is 1.63. The van der Waals surface area contributed by atoms with Crippen LogP contribution >= 0.6 is 11.8 Å². The molecule has 0 fully saturated rings. The Morgan fingerprint density at radius 2 is 2.00 bits per heavy atom. The van der Waals surface area contributed by atoms with Crippen LogP contribution in [0, 0.1) is 12.7 Å². The molecule has 0 bridgehead atoms. The number of hydrogen-bond acceptors (Lipinski definition) is 3. The molecular weight excluding hydrogens is 249 g/mol. The lowest BCUT2D eigenvalue weighted by molar-refractivity contribution is 0.487. The van der Waals surface area contributed by atoms with Gasteiger partial charge in [0, 0.05) is 5.69 Å². The molecule has 2 aromatic rings. The van der Waals surface area contributed by atoms with Crippen LogP contribution in [0.5, 0.6) is 0 Å². The van der Waals surface area contributed by atoms with Crippen LogP contribution < -0.4 is 5.32 Å². The largest absolute Gasteiger partial charge is 0.463 e. The molecule has 18 heavy (non-hydrogen) atoms. The van der Waals surface area contributed by atoms with Gasteiger partial charge in [-0.3, -0.25) is 0 Å². The van der Waals surface area contributed by atoms with Gasteiger partial charge in [0.05, 0.1) is 12.3 Å². The van der Waals surface area contributed by atoms with Crippen molar-refractivity contribution in [3.8, 4) is 0 Å². The number of rotatable bonds is 5. The quantitative estimate of drug-likeness (QED) is 0.877. The Balaban J connectivity index is 1.95. The smallest absolute Gasteiger partial charge is 0.128 e. The van der Waals surface area contributed by atoms with E-state index in [0.29, 0.717) is 12.1 Å². The molecule has 2 nitrogen and oxygen atoms in total. The highest BCUT2D eigenvalue weighted by Gasteiger charge is 2.03. The van der Waals surface area contributed by atoms with E-state index < -0.39 is 0 Å². The van der Waals surface area contributed by atoms with Crippen molar-refractivity contribution in [2.45, 2.75) is 19.2 Å². The summed E-state index contributed by atoms with van der Waals surface area (Å²) in [6, 6.07) is 9.05. The first-order valence-corrected chi connectivity index (χ1v) is 7.15. The van der Waals surface area contributed by atoms with Crippen LogP contribution in [-0.2, 0) is 12.3 Å². The van der Waals surface area contributed by atoms with Gasteiger partial charge in [-0.05, 0) is 43.0 Å². The molecule has 0 aliphatic heterocycles. The average molecular weight is 265 g/mol. The van der Waals surface area contributed by atoms with Gasteiger partial charge in [0.25, 0.3) is 0 Å². The SMILES string of the molecule is CSCc1ccc(CNc2ccc(C)c(F)c2)o1. The topological polar surface area (TPSA) is 25.2 Å². The van der Waals surface area contributed by atoms with E-state index in [-0.39, 0.29) is 5.82 Å². The molecule has 0 amide bonds. The standard InChI is InChI=1S/C14H16FNOS/c1-10-3-4-11(7-14(10)15)16-8-12-5-6-13(17-12)9-18-2/h3-7,16H,8-9H2,1-2H3. The van der Waals surface area contributed by atoms with Crippen LogP contribution in [-0.4, -0.2) is 6.26 Å². The maximum absolute atomic E-state index is 13.3. The van der Waals surface area contributed by atoms with Gasteiger partial charge < -0.3 is 9.73 Å². The summed E-state index contributed by atoms with van der Waals surface area (Å²) >= 11 is 1.72. The Hall–Kier alpha value is -1.42. The van der Waals surface area contributed by atoms with Gasteiger partial charge in [-0.1, -0.05) is 6.07 Å². The van der Waals surface area contributed by atoms with Crippen LogP contribution in [0.2, 0.25) is 0 Å². The molecule has 2 rings (SSSR count). The minimum atomic E-state index is -0.192. The van der Waals surface area contributed by atoms with Crippen molar-refractivity contribution in [2.75, 3.05) is 11.6 Å². The lowest BCUT2D eigenvalue weighted by Gasteiger charge is -2.05. The number of benzene rings is 1. The van der Waals surface area contributed by atoms with Crippen LogP contribution in [0.1, 0.15) is 17.1 Å². The van der Waals surface area contributed by atoms with Gasteiger partial charge in [-0.15, -0.1) is 0 Å². The maximum Gasteiger partial charge on any atom is 0.128 e. The zero-order valence-electron chi connectivity index (χ0n) is 10.5. The van der Waals surface area contributed by atoms with Crippen molar-refractivity contribution in [2.24, 2.45) is 0 Å². The molecule has 96 valence electrons. The second-order valence-electron chi connectivity index (χ2n) is 4.12. The van der Waals surface area contributed by atoms with E-state index in [0.717, 1.165) is 23.0 Å². The number of aryl methyl sites for hydroxylation is 1. The normalized spacial score (nSPS) is 10.6. The van der Waals surface area contributed by atoms with Crippen LogP contribution in [0.15, 0.2) is 34.7 Å². The highest BCUT2D eigenvalue weighted by atomic mass is 32.2. The van der Waals surface area contributed by atoms with Crippen molar-refractivity contribution < 1.29 is 8.81 Å². The van der Waals surface area contributed by atoms with E-state index in [2.05, 4.69) is 5.32 Å². The number of anilines is 1. The van der Waals surface area contributed by atoms with Gasteiger partial charge in [-0.25, -0.2) is 4.39 Å². The summed E-state index contributed by atoms with van der Waals surface area (Å²) in [6.45, 7) is 2.32. The molecule has 1 aromatic carbocycles. The Kier molecular flexibility index (Phi) is 4.31. The predicted molar refractivity (Wildman–Crippen MR) is 74.4 cm³/mol. The molecule has 1 N–H and O–H groups in total. The Bertz CT molecular complexity index is 524. The molecule has 0 unspecified atom stereocenters. The second kappa shape index (κ2) is 5.96. The molecule has 0 aliphatic rings. The third kappa shape index (κ3) is 3.29. The van der Waals surface area contributed by atoms with Gasteiger partial charge in [0.2, 0.25) is 0 Å². The summed E-state index contributed by atoms with van der Waals surface area (Å²) in [5.74, 6) is 2.51. The second-order valence-corrected chi connectivity index (χ2v) is 4.98. The molecule has 0 spiro atoms. The molecule has 0 saturated heterocycles. The zero-order chi connectivity index (χ0) is 13.0. The Morgan fingerprint density at radius 1 is 1.22 bits per heavy atom. The highest BCUT2D eigenvalue weighted by molar-refractivity contribution is 7.97. The first-order chi connectivity index (χ1) is 8.69. The Morgan fingerprint density at radius 3 is 2.72 bits per heavy atom. The summed E-state index contributed by atoms with van der Waals surface area (Å²) in [6.07, 6.45) is 2.04. The lowest BCUT2D eigenvalue weighted by Crippen LogP contribution is -1.98. The molecule has 0 atom stereocenters. The summed E-state index contributed by atoms with van der Waals surface area (Å²) in [5, 5.41) is 3.14. The van der Waals surface area contributed by atoms with Crippen molar-refractivity contribution >= 4 is 17.4 Å². The maximum atomic E-state index is 13.3. The minimum Gasteiger partial charge on any atom is -0.463 e. The van der Waals surface area contributed by atoms with E-state index in [1.807, 2.05) is 24.5 Å². The summed E-state index contributed by atoms with van der Waals surface area (Å²) in [5.41, 5.74) is 1.42. The highest BCUT2D eigenvalue weighted by Crippen LogP contribution is 2.17. The van der Waals surface area contributed by atoms with Crippen molar-refractivity contribution in [3.63, 3.8) is 0 Å². The first-order valence-electron chi connectivity index (χ1n) is 5.75. The fraction of sp³-hybridized carbons (Fsp3) is 0.286. The monoisotopic (exact) mass is 265 g/mol. The first kappa shape index (κ1) is 13.0. The van der Waals surface area contributed by atoms with Crippen molar-refractivity contribution in [3.05, 3.63) is 53.2 Å². The minimum absolute atomic E-state index is 0.192. The van der Waals surface area contributed by atoms with Gasteiger partial charge in [0.1, 0.15) is 17.3 Å². The number of hydrogen-bond donors (Lipinski definition) is 1. The van der Waals surface area contributed by atoms with E-state index in [9.17, 15) is 4.39 Å². The third-order valence-electron chi connectivity index (χ3n) is 2.64. The summed E-state index contributed by atoms with van der Waals surface area (Å²) in [4.78, 5) is 0. The van der Waals surface area contributed by atoms with Gasteiger partial charge in [0.15, 0.2) is 0 Å². The van der Waals surface area contributed by atoms with Crippen LogP contribution in [0.3, 0.4) is 0 Å². The van der Waals surface area contributed by atoms with E-state index in [1.165, 1.54) is 6.07 Å². The van der Waals surface area contributed by atoms with E-state index in [4.69, 9.17) is 4.42 Å². The molecular formula is C14H16FNOS. The number of halogens is 1. The van der Waals surface area contributed by atoms with Gasteiger partial charge >= 0.3 is 0 Å². The van der Waals surface area contributed by atoms with E-state index >= 15 is 0 Å². The lowest BCUT2D eigenvalue weighted by atomic mass is 10.2. The summed E-state index contributed by atoms with van der Waals surface area (Å²) in [7, 11) is 0. The fourth-order valence-corrected chi connectivity index (χ4v) is 2.07. The number of nitrogens with one attached hydrogen (secondary N) is 1. The average Bonchev–Trinajstić information content (AvgIpc) is 2.79. The molecule has 1 heterocycles. The molecule has 0 saturated carbocycles. The van der Waals surface area contributed by atoms with Crippen molar-refractivity contribution in [1.82, 2.24) is 0 Å². The number of furan rings is 1. The number of thioether (sulfide) groups is 1. The summed E-state index contributed by atoms with van der Waals surface area (Å²) < 4.78 is 19.0. The zero-order valence-corrected chi connectivity index (χ0v) is 11.3. The molecule has 1 aromatic heterocycles. The van der Waals surface area contributed by atoms with Crippen LogP contribution in [0.4, 0.5) is 10.1 Å². The van der Waals surface area contributed by atoms with Crippen LogP contribution in [0.25, 0.3) is 0 Å². The molecule has 0 aliphatic carbocycles.